The van der Waals surface area contributed by atoms with Gasteiger partial charge in [-0.2, -0.15) is 0 Å². The molecule has 0 atom stereocenters. The first kappa shape index (κ1) is 21.5. The van der Waals surface area contributed by atoms with Crippen LogP contribution in [-0.4, -0.2) is 8.32 Å². The lowest BCUT2D eigenvalue weighted by atomic mass is 10.1. The monoisotopic (exact) mass is 464 g/mol. The molecule has 1 aliphatic carbocycles. The summed E-state index contributed by atoms with van der Waals surface area (Å²) in [7, 11) is -1.89. The highest BCUT2D eigenvalue weighted by Crippen LogP contribution is 2.55. The fourth-order valence-corrected chi connectivity index (χ4v) is 5.34. The zero-order chi connectivity index (χ0) is 20.9. The van der Waals surface area contributed by atoms with E-state index in [1.165, 1.54) is 12.1 Å². The first-order chi connectivity index (χ1) is 12.8. The molecule has 0 amide bonds. The van der Waals surface area contributed by atoms with Crippen molar-refractivity contribution in [1.82, 2.24) is 0 Å². The van der Waals surface area contributed by atoms with Crippen LogP contribution in [0.15, 0.2) is 34.8 Å². The maximum Gasteiger partial charge on any atom is 0.193 e. The van der Waals surface area contributed by atoms with E-state index in [0.717, 1.165) is 39.8 Å². The average molecular weight is 465 g/mol. The zero-order valence-electron chi connectivity index (χ0n) is 17.9. The van der Waals surface area contributed by atoms with Gasteiger partial charge in [-0.15, -0.1) is 0 Å². The highest BCUT2D eigenvalue weighted by molar-refractivity contribution is 9.10. The minimum Gasteiger partial charge on any atom is -0.457 e. The first-order valence-corrected chi connectivity index (χ1v) is 13.5. The molecule has 1 fully saturated rings. The number of hydrogen-bond acceptors (Lipinski definition) is 2. The Morgan fingerprint density at radius 2 is 1.57 bits per heavy atom. The maximum absolute atomic E-state index is 13.6. The summed E-state index contributed by atoms with van der Waals surface area (Å²) in [5, 5.41) is 0.163. The smallest absolute Gasteiger partial charge is 0.193 e. The van der Waals surface area contributed by atoms with E-state index in [4.69, 9.17) is 9.16 Å². The van der Waals surface area contributed by atoms with Gasteiger partial charge in [-0.25, -0.2) is 4.39 Å². The van der Waals surface area contributed by atoms with E-state index in [-0.39, 0.29) is 16.5 Å². The van der Waals surface area contributed by atoms with E-state index >= 15 is 0 Å². The van der Waals surface area contributed by atoms with Crippen LogP contribution in [0.25, 0.3) is 0 Å². The molecular formula is C23H30BrFO2Si. The molecule has 2 aromatic carbocycles. The van der Waals surface area contributed by atoms with Crippen LogP contribution in [0.3, 0.4) is 0 Å². The molecule has 0 heterocycles. The summed E-state index contributed by atoms with van der Waals surface area (Å²) < 4.78 is 27.6. The molecule has 2 nitrogen and oxygen atoms in total. The topological polar surface area (TPSA) is 18.5 Å². The van der Waals surface area contributed by atoms with Crippen LogP contribution in [0, 0.1) is 19.7 Å². The predicted octanol–water partition coefficient (Wildman–Crippen LogP) is 8.01. The van der Waals surface area contributed by atoms with Crippen LogP contribution in [0.4, 0.5) is 4.39 Å². The highest BCUT2D eigenvalue weighted by atomic mass is 79.9. The van der Waals surface area contributed by atoms with Gasteiger partial charge < -0.3 is 9.16 Å². The Morgan fingerprint density at radius 3 is 2.07 bits per heavy atom. The van der Waals surface area contributed by atoms with Gasteiger partial charge in [0.1, 0.15) is 17.3 Å². The molecular weight excluding hydrogens is 435 g/mol. The Kier molecular flexibility index (Phi) is 5.58. The summed E-state index contributed by atoms with van der Waals surface area (Å²) in [6.07, 6.45) is 2.06. The van der Waals surface area contributed by atoms with E-state index < -0.39 is 8.32 Å². The first-order valence-electron chi connectivity index (χ1n) is 9.79. The second-order valence-corrected chi connectivity index (χ2v) is 15.1. The van der Waals surface area contributed by atoms with E-state index in [0.29, 0.717) is 5.75 Å². The Labute approximate surface area is 177 Å². The SMILES string of the molecule is Cc1cc(F)cc(C)c1Oc1cc(Br)cc(C2(O[Si](C)(C)C(C)(C)C)CC2)c1. The van der Waals surface area contributed by atoms with Crippen molar-refractivity contribution in [2.75, 3.05) is 0 Å². The van der Waals surface area contributed by atoms with Crippen molar-refractivity contribution in [3.05, 3.63) is 57.3 Å². The molecule has 2 aromatic rings. The number of halogens is 2. The summed E-state index contributed by atoms with van der Waals surface area (Å²) in [5.41, 5.74) is 2.52. The second-order valence-electron chi connectivity index (χ2n) is 9.50. The molecule has 5 heteroatoms. The molecule has 0 N–H and O–H groups in total. The highest BCUT2D eigenvalue weighted by Gasteiger charge is 2.52. The third kappa shape index (κ3) is 4.36. The van der Waals surface area contributed by atoms with E-state index in [1.807, 2.05) is 19.9 Å². The van der Waals surface area contributed by atoms with Crippen LogP contribution in [0.5, 0.6) is 11.5 Å². The van der Waals surface area contributed by atoms with Crippen LogP contribution in [0.1, 0.15) is 50.3 Å². The Balaban J connectivity index is 1.93. The van der Waals surface area contributed by atoms with Crippen LogP contribution < -0.4 is 4.74 Å². The quantitative estimate of drug-likeness (QED) is 0.417. The summed E-state index contributed by atoms with van der Waals surface area (Å²) in [6.45, 7) is 15.1. The normalized spacial score (nSPS) is 16.2. The molecule has 152 valence electrons. The average Bonchev–Trinajstić information content (AvgIpc) is 3.29. The molecule has 0 saturated heterocycles. The fourth-order valence-electron chi connectivity index (χ4n) is 3.27. The largest absolute Gasteiger partial charge is 0.457 e. The van der Waals surface area contributed by atoms with Gasteiger partial charge in [0.25, 0.3) is 0 Å². The Hall–Kier alpha value is -1.17. The summed E-state index contributed by atoms with van der Waals surface area (Å²) in [4.78, 5) is 0. The molecule has 0 aliphatic heterocycles. The van der Waals surface area contributed by atoms with Crippen LogP contribution in [-0.2, 0) is 10.0 Å². The third-order valence-electron chi connectivity index (χ3n) is 6.00. The van der Waals surface area contributed by atoms with E-state index in [1.54, 1.807) is 0 Å². The number of ether oxygens (including phenoxy) is 1. The Bertz CT molecular complexity index is 875. The van der Waals surface area contributed by atoms with Crippen molar-refractivity contribution >= 4 is 24.2 Å². The molecule has 28 heavy (non-hydrogen) atoms. The fraction of sp³-hybridized carbons (Fsp3) is 0.478. The molecule has 0 bridgehead atoms. The molecule has 0 spiro atoms. The van der Waals surface area contributed by atoms with Gasteiger partial charge in [-0.3, -0.25) is 0 Å². The maximum atomic E-state index is 13.6. The lowest BCUT2D eigenvalue weighted by Crippen LogP contribution is -2.44. The Morgan fingerprint density at radius 1 is 1.00 bits per heavy atom. The van der Waals surface area contributed by atoms with Gasteiger partial charge in [0.05, 0.1) is 5.60 Å². The standard InChI is InChI=1S/C23H30BrFO2Si/c1-15-10-19(25)11-16(2)21(15)26-20-13-17(12-18(24)14-20)23(8-9-23)27-28(6,7)22(3,4)5/h10-14H,8-9H2,1-7H3. The zero-order valence-corrected chi connectivity index (χ0v) is 20.5. The van der Waals surface area contributed by atoms with Gasteiger partial charge in [0.15, 0.2) is 8.32 Å². The number of rotatable bonds is 5. The van der Waals surface area contributed by atoms with Crippen LogP contribution in [0.2, 0.25) is 18.1 Å². The molecule has 0 aromatic heterocycles. The minimum atomic E-state index is -1.89. The molecule has 3 rings (SSSR count). The molecule has 0 radical (unpaired) electrons. The summed E-state index contributed by atoms with van der Waals surface area (Å²) in [6, 6.07) is 9.17. The van der Waals surface area contributed by atoms with Crippen molar-refractivity contribution in [1.29, 1.82) is 0 Å². The number of aryl methyl sites for hydroxylation is 2. The second kappa shape index (κ2) is 7.26. The van der Waals surface area contributed by atoms with Crippen molar-refractivity contribution in [3.63, 3.8) is 0 Å². The molecule has 1 saturated carbocycles. The van der Waals surface area contributed by atoms with Gasteiger partial charge >= 0.3 is 0 Å². The van der Waals surface area contributed by atoms with E-state index in [9.17, 15) is 4.39 Å². The lowest BCUT2D eigenvalue weighted by Gasteiger charge is -2.40. The van der Waals surface area contributed by atoms with Gasteiger partial charge in [0, 0.05) is 4.47 Å². The van der Waals surface area contributed by atoms with Crippen LogP contribution >= 0.6 is 15.9 Å². The molecule has 0 unspecified atom stereocenters. The van der Waals surface area contributed by atoms with Gasteiger partial charge in [-0.05, 0) is 91.8 Å². The van der Waals surface area contributed by atoms with Crippen molar-refractivity contribution < 1.29 is 13.6 Å². The van der Waals surface area contributed by atoms with Crippen molar-refractivity contribution in [2.45, 2.75) is 71.2 Å². The van der Waals surface area contributed by atoms with Crippen molar-refractivity contribution in [2.24, 2.45) is 0 Å². The summed E-state index contributed by atoms with van der Waals surface area (Å²) in [5.74, 6) is 1.21. The van der Waals surface area contributed by atoms with Gasteiger partial charge in [0.2, 0.25) is 0 Å². The van der Waals surface area contributed by atoms with E-state index in [2.05, 4.69) is 61.9 Å². The van der Waals surface area contributed by atoms with Gasteiger partial charge in [-0.1, -0.05) is 36.7 Å². The number of benzene rings is 2. The number of hydrogen-bond donors (Lipinski definition) is 0. The minimum absolute atomic E-state index is 0.163. The predicted molar refractivity (Wildman–Crippen MR) is 119 cm³/mol. The lowest BCUT2D eigenvalue weighted by molar-refractivity contribution is 0.159. The van der Waals surface area contributed by atoms with Crippen molar-refractivity contribution in [3.8, 4) is 11.5 Å². The molecule has 1 aliphatic rings. The third-order valence-corrected chi connectivity index (χ3v) is 11.0. The summed E-state index contributed by atoms with van der Waals surface area (Å²) >= 11 is 3.63.